The second-order valence-corrected chi connectivity index (χ2v) is 7.25. The van der Waals surface area contributed by atoms with Crippen LogP contribution in [0.25, 0.3) is 11.4 Å². The van der Waals surface area contributed by atoms with Crippen LogP contribution in [-0.4, -0.2) is 53.3 Å². The van der Waals surface area contributed by atoms with E-state index in [-0.39, 0.29) is 12.4 Å². The van der Waals surface area contributed by atoms with E-state index in [1.807, 2.05) is 13.0 Å². The van der Waals surface area contributed by atoms with Gasteiger partial charge in [-0.3, -0.25) is 4.79 Å². The number of fused-ring (bicyclic) bond motifs is 3. The molecule has 2 atom stereocenters. The van der Waals surface area contributed by atoms with E-state index in [9.17, 15) is 18.4 Å². The van der Waals surface area contributed by atoms with E-state index in [1.54, 1.807) is 23.8 Å². The Bertz CT molecular complexity index is 1010. The summed E-state index contributed by atoms with van der Waals surface area (Å²) in [5.41, 5.74) is 7.43. The van der Waals surface area contributed by atoms with Gasteiger partial charge in [-0.25, -0.2) is 23.5 Å². The zero-order chi connectivity index (χ0) is 21.6. The van der Waals surface area contributed by atoms with Gasteiger partial charge in [0.25, 0.3) is 6.43 Å². The average Bonchev–Trinajstić information content (AvgIpc) is 3.20. The molecule has 2 aromatic rings. The van der Waals surface area contributed by atoms with Gasteiger partial charge in [-0.1, -0.05) is 0 Å². The molecule has 3 heterocycles. The lowest BCUT2D eigenvalue weighted by molar-refractivity contribution is -0.118. The number of aromatic nitrogens is 2. The van der Waals surface area contributed by atoms with Gasteiger partial charge in [-0.2, -0.15) is 0 Å². The van der Waals surface area contributed by atoms with Crippen molar-refractivity contribution in [2.75, 3.05) is 23.4 Å². The fourth-order valence-electron chi connectivity index (χ4n) is 3.59. The molecule has 0 unspecified atom stereocenters. The molecule has 0 radical (unpaired) electrons. The molecule has 1 aromatic heterocycles. The van der Waals surface area contributed by atoms with Crippen molar-refractivity contribution in [3.05, 3.63) is 23.9 Å². The summed E-state index contributed by atoms with van der Waals surface area (Å²) in [5, 5.41) is 3.02. The number of primary amides is 1. The Morgan fingerprint density at radius 3 is 2.83 bits per heavy atom. The monoisotopic (exact) mass is 421 g/mol. The van der Waals surface area contributed by atoms with Gasteiger partial charge in [0.15, 0.2) is 5.82 Å². The smallest absolute Gasteiger partial charge is 0.416 e. The van der Waals surface area contributed by atoms with Crippen LogP contribution in [0.2, 0.25) is 0 Å². The minimum Gasteiger partial charge on any atom is -0.491 e. The summed E-state index contributed by atoms with van der Waals surface area (Å²) in [6.07, 6.45) is -2.05. The van der Waals surface area contributed by atoms with E-state index in [0.717, 1.165) is 10.5 Å². The van der Waals surface area contributed by atoms with Crippen LogP contribution in [0.1, 0.15) is 12.5 Å². The zero-order valence-electron chi connectivity index (χ0n) is 16.4. The Balaban J connectivity index is 1.74. The maximum absolute atomic E-state index is 13.3. The molecule has 11 heteroatoms. The second kappa shape index (κ2) is 7.47. The first-order valence-corrected chi connectivity index (χ1v) is 9.41. The number of anilines is 2. The van der Waals surface area contributed by atoms with Crippen LogP contribution in [-0.2, 0) is 16.1 Å². The number of rotatable bonds is 5. The van der Waals surface area contributed by atoms with Crippen LogP contribution in [0, 0.1) is 6.92 Å². The fourth-order valence-corrected chi connectivity index (χ4v) is 3.59. The molecule has 1 saturated heterocycles. The summed E-state index contributed by atoms with van der Waals surface area (Å²) in [6.45, 7) is 3.84. The van der Waals surface area contributed by atoms with Crippen LogP contribution in [0.5, 0.6) is 5.75 Å². The Morgan fingerprint density at radius 2 is 2.13 bits per heavy atom. The first-order chi connectivity index (χ1) is 14.3. The molecule has 3 N–H and O–H groups in total. The van der Waals surface area contributed by atoms with Gasteiger partial charge in [-0.15, -0.1) is 0 Å². The predicted octanol–water partition coefficient (Wildman–Crippen LogP) is 2.13. The summed E-state index contributed by atoms with van der Waals surface area (Å²) >= 11 is 0. The predicted molar refractivity (Wildman–Crippen MR) is 104 cm³/mol. The maximum Gasteiger partial charge on any atom is 0.416 e. The number of hydrogen-bond acceptors (Lipinski definition) is 6. The minimum absolute atomic E-state index is 0.106. The number of nitrogens with one attached hydrogen (secondary N) is 1. The number of cyclic esters (lactones) is 1. The van der Waals surface area contributed by atoms with E-state index in [4.69, 9.17) is 15.2 Å². The van der Waals surface area contributed by atoms with Crippen molar-refractivity contribution in [2.45, 2.75) is 38.9 Å². The number of ether oxygens (including phenoxy) is 2. The molecule has 2 aliphatic rings. The summed E-state index contributed by atoms with van der Waals surface area (Å²) in [6, 6.07) is 1.60. The number of benzene rings is 1. The minimum atomic E-state index is -2.75. The number of imidazole rings is 1. The summed E-state index contributed by atoms with van der Waals surface area (Å²) < 4.78 is 39.1. The summed E-state index contributed by atoms with van der Waals surface area (Å²) in [4.78, 5) is 28.8. The van der Waals surface area contributed by atoms with E-state index >= 15 is 0 Å². The largest absolute Gasteiger partial charge is 0.491 e. The van der Waals surface area contributed by atoms with Crippen LogP contribution in [0.15, 0.2) is 18.3 Å². The standard InChI is InChI=1S/C19H21F2N5O4/c1-9-5-11(23-10(2)17(22)27)6-13-15(9)18-24-14(7-25(18)3-4-29-13)26-12(16(20)21)8-30-19(26)28/h5-7,10,12,16,23H,3-4,8H2,1-2H3,(H2,22,27)/t10-,12-/m0/s1. The molecule has 0 aliphatic carbocycles. The lowest BCUT2D eigenvalue weighted by Gasteiger charge is -2.18. The molecule has 1 aromatic carbocycles. The highest BCUT2D eigenvalue weighted by atomic mass is 19.3. The number of nitrogens with two attached hydrogens (primary N) is 1. The van der Waals surface area contributed by atoms with Gasteiger partial charge in [0.05, 0.1) is 12.1 Å². The number of nitrogens with zero attached hydrogens (tertiary/aromatic N) is 3. The Labute approximate surface area is 170 Å². The van der Waals surface area contributed by atoms with Gasteiger partial charge in [-0.05, 0) is 25.5 Å². The number of alkyl halides is 2. The maximum atomic E-state index is 13.3. The first kappa shape index (κ1) is 19.9. The normalized spacial score (nSPS) is 18.9. The number of carbonyl (C=O) groups excluding carboxylic acids is 2. The quantitative estimate of drug-likeness (QED) is 0.765. The van der Waals surface area contributed by atoms with E-state index < -0.39 is 30.5 Å². The van der Waals surface area contributed by atoms with Crippen molar-refractivity contribution >= 4 is 23.5 Å². The molecular weight excluding hydrogens is 400 g/mol. The third-order valence-electron chi connectivity index (χ3n) is 5.13. The van der Waals surface area contributed by atoms with Crippen LogP contribution in [0.4, 0.5) is 25.1 Å². The Kier molecular flexibility index (Phi) is 4.96. The number of aryl methyl sites for hydroxylation is 1. The highest BCUT2D eigenvalue weighted by molar-refractivity contribution is 5.90. The Morgan fingerprint density at radius 1 is 1.37 bits per heavy atom. The summed E-state index contributed by atoms with van der Waals surface area (Å²) in [7, 11) is 0. The SMILES string of the molecule is Cc1cc(N[C@@H](C)C(N)=O)cc2c1-c1nc(N3C(=O)OC[C@H]3C(F)F)cn1CCO2. The van der Waals surface area contributed by atoms with E-state index in [1.165, 1.54) is 0 Å². The molecule has 0 spiro atoms. The second-order valence-electron chi connectivity index (χ2n) is 7.25. The topological polar surface area (TPSA) is 112 Å². The molecule has 0 saturated carbocycles. The lowest BCUT2D eigenvalue weighted by atomic mass is 10.1. The molecule has 30 heavy (non-hydrogen) atoms. The van der Waals surface area contributed by atoms with Gasteiger partial charge in [0.1, 0.15) is 36.9 Å². The molecule has 9 nitrogen and oxygen atoms in total. The number of hydrogen-bond donors (Lipinski definition) is 2. The van der Waals surface area contributed by atoms with Crippen molar-refractivity contribution in [3.63, 3.8) is 0 Å². The average molecular weight is 421 g/mol. The van der Waals surface area contributed by atoms with E-state index in [0.29, 0.717) is 36.0 Å². The van der Waals surface area contributed by atoms with Gasteiger partial charge in [0, 0.05) is 18.0 Å². The number of halogens is 2. The van der Waals surface area contributed by atoms with Crippen molar-refractivity contribution in [2.24, 2.45) is 5.73 Å². The van der Waals surface area contributed by atoms with Crippen LogP contribution < -0.4 is 20.7 Å². The van der Waals surface area contributed by atoms with Crippen molar-refractivity contribution in [3.8, 4) is 17.1 Å². The van der Waals surface area contributed by atoms with Gasteiger partial charge >= 0.3 is 6.09 Å². The van der Waals surface area contributed by atoms with Crippen LogP contribution >= 0.6 is 0 Å². The van der Waals surface area contributed by atoms with Gasteiger partial charge < -0.3 is 25.1 Å². The highest BCUT2D eigenvalue weighted by Gasteiger charge is 2.42. The molecule has 2 amide bonds. The first-order valence-electron chi connectivity index (χ1n) is 9.41. The molecular formula is C19H21F2N5O4. The Hall–Kier alpha value is -3.37. The molecule has 160 valence electrons. The van der Waals surface area contributed by atoms with Crippen molar-refractivity contribution in [1.82, 2.24) is 9.55 Å². The molecule has 2 aliphatic heterocycles. The van der Waals surface area contributed by atoms with Gasteiger partial charge in [0.2, 0.25) is 5.91 Å². The molecule has 1 fully saturated rings. The van der Waals surface area contributed by atoms with E-state index in [2.05, 4.69) is 10.3 Å². The van der Waals surface area contributed by atoms with Crippen molar-refractivity contribution in [1.29, 1.82) is 0 Å². The molecule has 0 bridgehead atoms. The third-order valence-corrected chi connectivity index (χ3v) is 5.13. The highest BCUT2D eigenvalue weighted by Crippen LogP contribution is 2.39. The number of amides is 2. The fraction of sp³-hybridized carbons (Fsp3) is 0.421. The number of carbonyl (C=O) groups is 2. The summed E-state index contributed by atoms with van der Waals surface area (Å²) in [5.74, 6) is 0.640. The zero-order valence-corrected chi connectivity index (χ0v) is 16.4. The van der Waals surface area contributed by atoms with Crippen molar-refractivity contribution < 1.29 is 27.8 Å². The lowest BCUT2D eigenvalue weighted by Crippen LogP contribution is -2.38. The van der Waals surface area contributed by atoms with Crippen LogP contribution in [0.3, 0.4) is 0 Å². The molecule has 4 rings (SSSR count). The third kappa shape index (κ3) is 3.40.